The van der Waals surface area contributed by atoms with Crippen molar-refractivity contribution in [3.05, 3.63) is 0 Å². The van der Waals surface area contributed by atoms with Gasteiger partial charge in [0.05, 0.1) is 6.54 Å². The van der Waals surface area contributed by atoms with E-state index >= 15 is 0 Å². The third kappa shape index (κ3) is 3.18. The molecule has 0 aliphatic heterocycles. The highest BCUT2D eigenvalue weighted by Crippen LogP contribution is 2.28. The first kappa shape index (κ1) is 11.3. The largest absolute Gasteiger partial charge is 0.409 e. The lowest BCUT2D eigenvalue weighted by Gasteiger charge is -2.33. The van der Waals surface area contributed by atoms with Gasteiger partial charge >= 0.3 is 0 Å². The topological polar surface area (TPSA) is 70.6 Å². The van der Waals surface area contributed by atoms with Crippen LogP contribution < -0.4 is 11.1 Å². The summed E-state index contributed by atoms with van der Waals surface area (Å²) in [5, 5.41) is 14.7. The highest BCUT2D eigenvalue weighted by molar-refractivity contribution is 5.81. The zero-order chi connectivity index (χ0) is 10.6. The van der Waals surface area contributed by atoms with Crippen LogP contribution in [0.5, 0.6) is 0 Å². The summed E-state index contributed by atoms with van der Waals surface area (Å²) in [5.41, 5.74) is 5.40. The Kier molecular flexibility index (Phi) is 4.20. The zero-order valence-electron chi connectivity index (χ0n) is 9.03. The second-order valence-corrected chi connectivity index (χ2v) is 4.47. The highest BCUT2D eigenvalue weighted by atomic mass is 16.4. The maximum atomic E-state index is 8.40. The van der Waals surface area contributed by atoms with Crippen LogP contribution in [-0.4, -0.2) is 23.6 Å². The molecule has 3 unspecified atom stereocenters. The van der Waals surface area contributed by atoms with Gasteiger partial charge in [0.25, 0.3) is 0 Å². The predicted molar refractivity (Wildman–Crippen MR) is 57.4 cm³/mol. The van der Waals surface area contributed by atoms with Crippen LogP contribution >= 0.6 is 0 Å². The van der Waals surface area contributed by atoms with Crippen molar-refractivity contribution in [3.8, 4) is 0 Å². The molecule has 0 spiro atoms. The summed E-state index contributed by atoms with van der Waals surface area (Å²) in [6.07, 6.45) is 3.74. The molecule has 82 valence electrons. The second-order valence-electron chi connectivity index (χ2n) is 4.47. The Balaban J connectivity index is 2.31. The van der Waals surface area contributed by atoms with Gasteiger partial charge in [-0.1, -0.05) is 19.0 Å². The average Bonchev–Trinajstić information content (AvgIpc) is 2.16. The van der Waals surface area contributed by atoms with Crippen molar-refractivity contribution >= 4 is 5.84 Å². The van der Waals surface area contributed by atoms with Crippen molar-refractivity contribution in [1.29, 1.82) is 0 Å². The molecule has 4 heteroatoms. The second kappa shape index (κ2) is 5.20. The van der Waals surface area contributed by atoms with E-state index in [9.17, 15) is 0 Å². The third-order valence-corrected chi connectivity index (χ3v) is 3.11. The minimum atomic E-state index is 0.260. The number of nitrogens with one attached hydrogen (secondary N) is 1. The van der Waals surface area contributed by atoms with Crippen molar-refractivity contribution in [3.63, 3.8) is 0 Å². The number of nitrogens with two attached hydrogens (primary N) is 1. The normalized spacial score (nSPS) is 34.4. The van der Waals surface area contributed by atoms with E-state index in [0.717, 1.165) is 5.92 Å². The van der Waals surface area contributed by atoms with Crippen molar-refractivity contribution in [2.75, 3.05) is 6.54 Å². The number of rotatable bonds is 3. The van der Waals surface area contributed by atoms with Crippen LogP contribution in [0.4, 0.5) is 0 Å². The lowest BCUT2D eigenvalue weighted by Crippen LogP contribution is -2.43. The van der Waals surface area contributed by atoms with E-state index in [0.29, 0.717) is 18.5 Å². The maximum Gasteiger partial charge on any atom is 0.153 e. The van der Waals surface area contributed by atoms with E-state index in [4.69, 9.17) is 10.9 Å². The van der Waals surface area contributed by atoms with E-state index in [-0.39, 0.29) is 5.84 Å². The van der Waals surface area contributed by atoms with Crippen LogP contribution in [-0.2, 0) is 0 Å². The molecule has 0 saturated heterocycles. The van der Waals surface area contributed by atoms with Crippen LogP contribution in [0.1, 0.15) is 33.1 Å². The molecule has 0 heterocycles. The summed E-state index contributed by atoms with van der Waals surface area (Å²) in [6.45, 7) is 5.05. The fourth-order valence-electron chi connectivity index (χ4n) is 2.24. The van der Waals surface area contributed by atoms with Crippen LogP contribution in [0.15, 0.2) is 5.16 Å². The molecule has 1 fully saturated rings. The van der Waals surface area contributed by atoms with Crippen LogP contribution in [0.2, 0.25) is 0 Å². The first-order valence-electron chi connectivity index (χ1n) is 5.33. The summed E-state index contributed by atoms with van der Waals surface area (Å²) in [6, 6.07) is 0.520. The number of oxime groups is 1. The van der Waals surface area contributed by atoms with Crippen LogP contribution in [0.25, 0.3) is 0 Å². The zero-order valence-corrected chi connectivity index (χ0v) is 9.03. The fourth-order valence-corrected chi connectivity index (χ4v) is 2.24. The first-order chi connectivity index (χ1) is 6.63. The van der Waals surface area contributed by atoms with E-state index < -0.39 is 0 Å². The molecule has 1 aliphatic carbocycles. The standard InChI is InChI=1S/C10H21N3O/c1-7-3-4-9(8(2)5-7)12-6-10(11)13-14/h7-9,12,14H,3-6H2,1-2H3,(H2,11,13). The Morgan fingerprint density at radius 2 is 2.21 bits per heavy atom. The Bertz CT molecular complexity index is 206. The van der Waals surface area contributed by atoms with Crippen LogP contribution in [0.3, 0.4) is 0 Å². The molecule has 0 aromatic heterocycles. The van der Waals surface area contributed by atoms with Crippen molar-refractivity contribution < 1.29 is 5.21 Å². The SMILES string of the molecule is CC1CCC(NCC(N)=NO)C(C)C1. The highest BCUT2D eigenvalue weighted by Gasteiger charge is 2.24. The van der Waals surface area contributed by atoms with Gasteiger partial charge in [-0.3, -0.25) is 0 Å². The smallest absolute Gasteiger partial charge is 0.153 e. The van der Waals surface area contributed by atoms with E-state index in [2.05, 4.69) is 24.3 Å². The quantitative estimate of drug-likeness (QED) is 0.276. The molecule has 0 aromatic rings. The molecule has 1 aliphatic rings. The van der Waals surface area contributed by atoms with Gasteiger partial charge in [-0.2, -0.15) is 0 Å². The number of nitrogens with zero attached hydrogens (tertiary/aromatic N) is 1. The van der Waals surface area contributed by atoms with Gasteiger partial charge in [0.1, 0.15) is 0 Å². The summed E-state index contributed by atoms with van der Waals surface area (Å²) in [7, 11) is 0. The Morgan fingerprint density at radius 1 is 1.50 bits per heavy atom. The number of amidine groups is 1. The van der Waals surface area contributed by atoms with Gasteiger partial charge in [0, 0.05) is 6.04 Å². The molecule has 1 saturated carbocycles. The molecular formula is C10H21N3O. The van der Waals surface area contributed by atoms with Gasteiger partial charge in [0.15, 0.2) is 5.84 Å². The molecule has 1 rings (SSSR count). The van der Waals surface area contributed by atoms with Gasteiger partial charge in [-0.05, 0) is 31.1 Å². The van der Waals surface area contributed by atoms with Gasteiger partial charge < -0.3 is 16.3 Å². The molecule has 14 heavy (non-hydrogen) atoms. The Labute approximate surface area is 85.6 Å². The lowest BCUT2D eigenvalue weighted by molar-refractivity contribution is 0.233. The minimum Gasteiger partial charge on any atom is -0.409 e. The first-order valence-corrected chi connectivity index (χ1v) is 5.33. The molecule has 3 atom stereocenters. The van der Waals surface area contributed by atoms with Crippen molar-refractivity contribution in [2.24, 2.45) is 22.7 Å². The fraction of sp³-hybridized carbons (Fsp3) is 0.900. The van der Waals surface area contributed by atoms with Gasteiger partial charge in [0.2, 0.25) is 0 Å². The van der Waals surface area contributed by atoms with E-state index in [1.54, 1.807) is 0 Å². The van der Waals surface area contributed by atoms with Crippen molar-refractivity contribution in [1.82, 2.24) is 5.32 Å². The minimum absolute atomic E-state index is 0.260. The van der Waals surface area contributed by atoms with Crippen LogP contribution in [0, 0.1) is 11.8 Å². The van der Waals surface area contributed by atoms with E-state index in [1.165, 1.54) is 19.3 Å². The van der Waals surface area contributed by atoms with Crippen molar-refractivity contribution in [2.45, 2.75) is 39.2 Å². The molecule has 4 N–H and O–H groups in total. The number of hydrogen-bond acceptors (Lipinski definition) is 3. The number of hydrogen-bond donors (Lipinski definition) is 3. The summed E-state index contributed by atoms with van der Waals surface area (Å²) < 4.78 is 0. The monoisotopic (exact) mass is 199 g/mol. The average molecular weight is 199 g/mol. The van der Waals surface area contributed by atoms with E-state index in [1.807, 2.05) is 0 Å². The Morgan fingerprint density at radius 3 is 2.79 bits per heavy atom. The van der Waals surface area contributed by atoms with Gasteiger partial charge in [-0.15, -0.1) is 0 Å². The Hall–Kier alpha value is -0.770. The molecule has 0 aromatic carbocycles. The third-order valence-electron chi connectivity index (χ3n) is 3.11. The molecule has 0 radical (unpaired) electrons. The summed E-state index contributed by atoms with van der Waals surface area (Å²) in [5.74, 6) is 1.79. The molecule has 4 nitrogen and oxygen atoms in total. The molecule has 0 bridgehead atoms. The summed E-state index contributed by atoms with van der Waals surface area (Å²) >= 11 is 0. The van der Waals surface area contributed by atoms with Gasteiger partial charge in [-0.25, -0.2) is 0 Å². The lowest BCUT2D eigenvalue weighted by atomic mass is 9.80. The predicted octanol–water partition coefficient (Wildman–Crippen LogP) is 1.15. The molecular weight excluding hydrogens is 178 g/mol. The summed E-state index contributed by atoms with van der Waals surface area (Å²) in [4.78, 5) is 0. The molecule has 0 amide bonds. The maximum absolute atomic E-state index is 8.40.